The molecule has 1 aromatic heterocycles. The highest BCUT2D eigenvalue weighted by molar-refractivity contribution is 7.10. The Hall–Kier alpha value is -2.34. The topological polar surface area (TPSA) is 67.4 Å². The van der Waals surface area contributed by atoms with Gasteiger partial charge in [0.2, 0.25) is 11.8 Å². The van der Waals surface area contributed by atoms with Crippen LogP contribution in [0.5, 0.6) is 5.75 Å². The first kappa shape index (κ1) is 20.4. The van der Waals surface area contributed by atoms with Crippen molar-refractivity contribution in [2.45, 2.75) is 52.0 Å². The molecule has 2 heterocycles. The molecule has 5 nitrogen and oxygen atoms in total. The van der Waals surface area contributed by atoms with Crippen LogP contribution >= 0.6 is 11.3 Å². The van der Waals surface area contributed by atoms with Crippen LogP contribution in [0.25, 0.3) is 0 Å². The summed E-state index contributed by atoms with van der Waals surface area (Å²) < 4.78 is 5.80. The number of hydrogen-bond acceptors (Lipinski definition) is 4. The van der Waals surface area contributed by atoms with Gasteiger partial charge < -0.3 is 15.4 Å². The van der Waals surface area contributed by atoms with Gasteiger partial charge in [0.15, 0.2) is 0 Å². The normalized spacial score (nSPS) is 14.3. The molecule has 0 aliphatic carbocycles. The van der Waals surface area contributed by atoms with Crippen LogP contribution in [-0.2, 0) is 16.0 Å². The Balaban J connectivity index is 1.43. The van der Waals surface area contributed by atoms with Gasteiger partial charge in [0.25, 0.3) is 0 Å². The predicted octanol–water partition coefficient (Wildman–Crippen LogP) is 4.70. The monoisotopic (exact) mass is 400 g/mol. The van der Waals surface area contributed by atoms with Gasteiger partial charge in [0.1, 0.15) is 5.75 Å². The highest BCUT2D eigenvalue weighted by Crippen LogP contribution is 2.27. The van der Waals surface area contributed by atoms with Crippen molar-refractivity contribution in [3.8, 4) is 5.75 Å². The highest BCUT2D eigenvalue weighted by Gasteiger charge is 2.17. The maximum absolute atomic E-state index is 12.4. The van der Waals surface area contributed by atoms with Crippen LogP contribution in [0.1, 0.15) is 56.0 Å². The molecule has 28 heavy (non-hydrogen) atoms. The summed E-state index contributed by atoms with van der Waals surface area (Å²) in [6.07, 6.45) is 3.30. The predicted molar refractivity (Wildman–Crippen MR) is 113 cm³/mol. The minimum atomic E-state index is 0.0606. The van der Waals surface area contributed by atoms with Crippen molar-refractivity contribution in [2.75, 3.05) is 11.9 Å². The molecule has 2 amide bonds. The van der Waals surface area contributed by atoms with E-state index in [-0.39, 0.29) is 17.9 Å². The summed E-state index contributed by atoms with van der Waals surface area (Å²) in [6, 6.07) is 9.91. The number of thiophene rings is 1. The molecule has 150 valence electrons. The number of amides is 2. The second-order valence-electron chi connectivity index (χ2n) is 7.58. The van der Waals surface area contributed by atoms with Crippen LogP contribution in [-0.4, -0.2) is 18.4 Å². The molecule has 0 bridgehead atoms. The second-order valence-corrected chi connectivity index (χ2v) is 8.56. The van der Waals surface area contributed by atoms with E-state index in [2.05, 4.69) is 30.5 Å². The first-order chi connectivity index (χ1) is 13.5. The molecule has 1 aromatic carbocycles. The van der Waals surface area contributed by atoms with Gasteiger partial charge >= 0.3 is 0 Å². The van der Waals surface area contributed by atoms with E-state index in [4.69, 9.17) is 4.74 Å². The highest BCUT2D eigenvalue weighted by atomic mass is 32.1. The van der Waals surface area contributed by atoms with Crippen LogP contribution < -0.4 is 15.4 Å². The largest absolute Gasteiger partial charge is 0.494 e. The zero-order valence-corrected chi connectivity index (χ0v) is 17.3. The first-order valence-electron chi connectivity index (χ1n) is 9.89. The minimum Gasteiger partial charge on any atom is -0.494 e. The van der Waals surface area contributed by atoms with Gasteiger partial charge in [-0.1, -0.05) is 19.9 Å². The average molecular weight is 401 g/mol. The van der Waals surface area contributed by atoms with Gasteiger partial charge in [-0.15, -0.1) is 11.3 Å². The fraction of sp³-hybridized carbons (Fsp3) is 0.455. The summed E-state index contributed by atoms with van der Waals surface area (Å²) >= 11 is 1.69. The van der Waals surface area contributed by atoms with Gasteiger partial charge in [-0.3, -0.25) is 9.59 Å². The standard InChI is InChI=1S/C22H28N2O3S/c1-15(2)13-19(20-5-4-12-28-20)24-21(25)6-3-11-27-17-8-9-18-16(14-17)7-10-22(26)23-18/h4-5,8-9,12,14-15,19H,3,6-7,10-11,13H2,1-2H3,(H,23,26)(H,24,25). The third-order valence-electron chi connectivity index (χ3n) is 4.72. The Morgan fingerprint density at radius 3 is 2.89 bits per heavy atom. The number of carbonyl (C=O) groups is 2. The number of anilines is 1. The quantitative estimate of drug-likeness (QED) is 0.600. The fourth-order valence-electron chi connectivity index (χ4n) is 3.35. The van der Waals surface area contributed by atoms with E-state index < -0.39 is 0 Å². The SMILES string of the molecule is CC(C)CC(NC(=O)CCCOc1ccc2c(c1)CCC(=O)N2)c1cccs1. The van der Waals surface area contributed by atoms with E-state index >= 15 is 0 Å². The molecule has 3 rings (SSSR count). The van der Waals surface area contributed by atoms with E-state index in [0.29, 0.717) is 31.8 Å². The van der Waals surface area contributed by atoms with E-state index in [9.17, 15) is 9.59 Å². The molecule has 1 aliphatic heterocycles. The van der Waals surface area contributed by atoms with Crippen molar-refractivity contribution in [1.82, 2.24) is 5.32 Å². The number of benzene rings is 1. The molecule has 0 fully saturated rings. The molecule has 0 saturated heterocycles. The van der Waals surface area contributed by atoms with Crippen LogP contribution in [0.15, 0.2) is 35.7 Å². The molecular weight excluding hydrogens is 372 g/mol. The van der Waals surface area contributed by atoms with Gasteiger partial charge in [0, 0.05) is 23.4 Å². The zero-order valence-electron chi connectivity index (χ0n) is 16.5. The van der Waals surface area contributed by atoms with E-state index in [1.807, 2.05) is 29.6 Å². The molecule has 1 atom stereocenters. The van der Waals surface area contributed by atoms with Crippen molar-refractivity contribution in [3.05, 3.63) is 46.2 Å². The Kier molecular flexibility index (Phi) is 7.09. The smallest absolute Gasteiger partial charge is 0.224 e. The summed E-state index contributed by atoms with van der Waals surface area (Å²) in [5.41, 5.74) is 1.97. The lowest BCUT2D eigenvalue weighted by Gasteiger charge is -2.20. The molecule has 0 spiro atoms. The minimum absolute atomic E-state index is 0.0606. The molecule has 0 saturated carbocycles. The maximum Gasteiger partial charge on any atom is 0.224 e. The molecular formula is C22H28N2O3S. The lowest BCUT2D eigenvalue weighted by molar-refractivity contribution is -0.122. The van der Waals surface area contributed by atoms with Crippen molar-refractivity contribution < 1.29 is 14.3 Å². The van der Waals surface area contributed by atoms with Crippen molar-refractivity contribution >= 4 is 28.8 Å². The van der Waals surface area contributed by atoms with Crippen LogP contribution in [0.3, 0.4) is 0 Å². The number of fused-ring (bicyclic) bond motifs is 1. The molecule has 1 aliphatic rings. The lowest BCUT2D eigenvalue weighted by Crippen LogP contribution is -2.29. The number of ether oxygens (including phenoxy) is 1. The zero-order chi connectivity index (χ0) is 19.9. The summed E-state index contributed by atoms with van der Waals surface area (Å²) in [7, 11) is 0. The number of aryl methyl sites for hydroxylation is 1. The molecule has 6 heteroatoms. The molecule has 0 radical (unpaired) electrons. The average Bonchev–Trinajstić information content (AvgIpc) is 3.19. The Labute approximate surface area is 170 Å². The van der Waals surface area contributed by atoms with E-state index in [0.717, 1.165) is 29.8 Å². The van der Waals surface area contributed by atoms with Gasteiger partial charge in [-0.2, -0.15) is 0 Å². The van der Waals surface area contributed by atoms with Crippen LogP contribution in [0.4, 0.5) is 5.69 Å². The van der Waals surface area contributed by atoms with Gasteiger partial charge in [-0.25, -0.2) is 0 Å². The lowest BCUT2D eigenvalue weighted by atomic mass is 10.0. The van der Waals surface area contributed by atoms with Crippen molar-refractivity contribution in [1.29, 1.82) is 0 Å². The number of hydrogen-bond donors (Lipinski definition) is 2. The Bertz CT molecular complexity index is 802. The third kappa shape index (κ3) is 5.83. The van der Waals surface area contributed by atoms with Gasteiger partial charge in [0.05, 0.1) is 12.6 Å². The Morgan fingerprint density at radius 1 is 1.29 bits per heavy atom. The molecule has 1 unspecified atom stereocenters. The number of carbonyl (C=O) groups excluding carboxylic acids is 2. The molecule has 2 aromatic rings. The van der Waals surface area contributed by atoms with Crippen LogP contribution in [0.2, 0.25) is 0 Å². The Morgan fingerprint density at radius 2 is 2.14 bits per heavy atom. The van der Waals surface area contributed by atoms with E-state index in [1.165, 1.54) is 4.88 Å². The second kappa shape index (κ2) is 9.73. The summed E-state index contributed by atoms with van der Waals surface area (Å²) in [4.78, 5) is 25.0. The third-order valence-corrected chi connectivity index (χ3v) is 5.70. The summed E-state index contributed by atoms with van der Waals surface area (Å²) in [6.45, 7) is 4.83. The maximum atomic E-state index is 12.4. The van der Waals surface area contributed by atoms with Crippen LogP contribution in [0, 0.1) is 5.92 Å². The number of rotatable bonds is 9. The first-order valence-corrected chi connectivity index (χ1v) is 10.8. The van der Waals surface area contributed by atoms with Gasteiger partial charge in [-0.05, 0) is 60.4 Å². The molecule has 2 N–H and O–H groups in total. The number of nitrogens with one attached hydrogen (secondary N) is 2. The van der Waals surface area contributed by atoms with Crippen molar-refractivity contribution in [3.63, 3.8) is 0 Å². The van der Waals surface area contributed by atoms with E-state index in [1.54, 1.807) is 11.3 Å². The summed E-state index contributed by atoms with van der Waals surface area (Å²) in [5, 5.41) is 8.08. The fourth-order valence-corrected chi connectivity index (χ4v) is 4.14. The summed E-state index contributed by atoms with van der Waals surface area (Å²) in [5.74, 6) is 1.43. The van der Waals surface area contributed by atoms with Crippen molar-refractivity contribution in [2.24, 2.45) is 5.92 Å².